The van der Waals surface area contributed by atoms with E-state index in [4.69, 9.17) is 10.2 Å². The number of hydrazine groups is 1. The number of rotatable bonds is 4. The van der Waals surface area contributed by atoms with Crippen molar-refractivity contribution in [1.82, 2.24) is 10.4 Å². The molecule has 1 aliphatic carbocycles. The van der Waals surface area contributed by atoms with Crippen LogP contribution in [0.1, 0.15) is 20.8 Å². The molecule has 2 aliphatic rings. The van der Waals surface area contributed by atoms with Gasteiger partial charge in [0.25, 0.3) is 0 Å². The maximum atomic E-state index is 6.24. The summed E-state index contributed by atoms with van der Waals surface area (Å²) >= 11 is 0. The van der Waals surface area contributed by atoms with E-state index in [0.29, 0.717) is 5.92 Å². The fourth-order valence-corrected chi connectivity index (χ4v) is 3.42. The molecule has 0 bridgehead atoms. The molecule has 3 N–H and O–H groups in total. The van der Waals surface area contributed by atoms with Gasteiger partial charge in [-0.1, -0.05) is 32.9 Å². The molecule has 2 unspecified atom stereocenters. The topological polar surface area (TPSA) is 50.5 Å². The first kappa shape index (κ1) is 15.8. The molecule has 1 fully saturated rings. The Kier molecular flexibility index (Phi) is 4.44. The molecular formula is C15H29N3OSi. The lowest BCUT2D eigenvalue weighted by Gasteiger charge is -2.36. The third-order valence-electron chi connectivity index (χ3n) is 4.84. The van der Waals surface area contributed by atoms with E-state index in [1.807, 2.05) is 0 Å². The van der Waals surface area contributed by atoms with E-state index in [9.17, 15) is 0 Å². The van der Waals surface area contributed by atoms with Gasteiger partial charge in [-0.3, -0.25) is 0 Å². The van der Waals surface area contributed by atoms with Gasteiger partial charge in [0.15, 0.2) is 8.32 Å². The Morgan fingerprint density at radius 2 is 2.15 bits per heavy atom. The van der Waals surface area contributed by atoms with Gasteiger partial charge in [0, 0.05) is 24.2 Å². The van der Waals surface area contributed by atoms with E-state index in [-0.39, 0.29) is 11.1 Å². The van der Waals surface area contributed by atoms with Crippen LogP contribution in [0.4, 0.5) is 0 Å². The van der Waals surface area contributed by atoms with Crippen molar-refractivity contribution < 1.29 is 4.43 Å². The SMILES string of the molecule is CC(C)(C)[Si](C)(C)OCCN1NCC2C1=CC=CC2N. The van der Waals surface area contributed by atoms with Gasteiger partial charge in [0.05, 0.1) is 13.2 Å². The molecule has 0 aromatic heterocycles. The lowest BCUT2D eigenvalue weighted by Crippen LogP contribution is -2.43. The van der Waals surface area contributed by atoms with E-state index in [2.05, 4.69) is 62.5 Å². The molecule has 0 amide bonds. The predicted molar refractivity (Wildman–Crippen MR) is 86.5 cm³/mol. The minimum Gasteiger partial charge on any atom is -0.415 e. The van der Waals surface area contributed by atoms with Crippen molar-refractivity contribution >= 4 is 8.32 Å². The lowest BCUT2D eigenvalue weighted by atomic mass is 9.93. The molecule has 0 aromatic rings. The summed E-state index contributed by atoms with van der Waals surface area (Å²) in [6.07, 6.45) is 6.30. The van der Waals surface area contributed by atoms with E-state index in [1.54, 1.807) is 0 Å². The summed E-state index contributed by atoms with van der Waals surface area (Å²) < 4.78 is 6.24. The highest BCUT2D eigenvalue weighted by atomic mass is 28.4. The maximum absolute atomic E-state index is 6.24. The van der Waals surface area contributed by atoms with Gasteiger partial charge in [-0.15, -0.1) is 0 Å². The summed E-state index contributed by atoms with van der Waals surface area (Å²) in [4.78, 5) is 0. The minimum absolute atomic E-state index is 0.133. The molecule has 0 spiro atoms. The van der Waals surface area contributed by atoms with Crippen molar-refractivity contribution in [1.29, 1.82) is 0 Å². The van der Waals surface area contributed by atoms with Gasteiger partial charge in [-0.25, -0.2) is 5.43 Å². The summed E-state index contributed by atoms with van der Waals surface area (Å²) in [7, 11) is -1.65. The van der Waals surface area contributed by atoms with Crippen molar-refractivity contribution in [2.24, 2.45) is 11.7 Å². The fraction of sp³-hybridized carbons (Fsp3) is 0.733. The first-order chi connectivity index (χ1) is 9.22. The van der Waals surface area contributed by atoms with Gasteiger partial charge in [0.1, 0.15) is 0 Å². The summed E-state index contributed by atoms with van der Waals surface area (Å²) in [6.45, 7) is 14.0. The molecule has 2 rings (SSSR count). The second-order valence-electron chi connectivity index (χ2n) is 7.28. The van der Waals surface area contributed by atoms with Crippen LogP contribution < -0.4 is 11.2 Å². The second kappa shape index (κ2) is 5.64. The van der Waals surface area contributed by atoms with Gasteiger partial charge in [-0.2, -0.15) is 0 Å². The van der Waals surface area contributed by atoms with Crippen molar-refractivity contribution in [3.05, 3.63) is 23.9 Å². The van der Waals surface area contributed by atoms with Crippen LogP contribution in [-0.2, 0) is 4.43 Å². The molecule has 20 heavy (non-hydrogen) atoms. The number of hydrogen-bond donors (Lipinski definition) is 2. The molecule has 114 valence electrons. The van der Waals surface area contributed by atoms with E-state index < -0.39 is 8.32 Å². The molecule has 1 heterocycles. The average Bonchev–Trinajstić information content (AvgIpc) is 2.72. The number of allylic oxidation sites excluding steroid dienone is 2. The number of hydrogen-bond acceptors (Lipinski definition) is 4. The Hall–Kier alpha value is -0.623. The molecule has 0 radical (unpaired) electrons. The quantitative estimate of drug-likeness (QED) is 0.781. The molecule has 2 atom stereocenters. The molecule has 0 aromatic carbocycles. The zero-order valence-electron chi connectivity index (χ0n) is 13.4. The molecule has 0 saturated carbocycles. The lowest BCUT2D eigenvalue weighted by molar-refractivity contribution is 0.207. The predicted octanol–water partition coefficient (Wildman–Crippen LogP) is 2.23. The highest BCUT2D eigenvalue weighted by molar-refractivity contribution is 6.74. The highest BCUT2D eigenvalue weighted by Gasteiger charge is 2.37. The van der Waals surface area contributed by atoms with Gasteiger partial charge in [0.2, 0.25) is 0 Å². The summed E-state index contributed by atoms with van der Waals surface area (Å²) in [5.74, 6) is 0.410. The van der Waals surface area contributed by atoms with Gasteiger partial charge < -0.3 is 15.2 Å². The van der Waals surface area contributed by atoms with Crippen molar-refractivity contribution in [3.63, 3.8) is 0 Å². The Balaban J connectivity index is 1.87. The maximum Gasteiger partial charge on any atom is 0.192 e. The van der Waals surface area contributed by atoms with Crippen molar-refractivity contribution in [2.45, 2.75) is 44.9 Å². The van der Waals surface area contributed by atoms with Crippen LogP contribution in [0.3, 0.4) is 0 Å². The number of nitrogens with zero attached hydrogens (tertiary/aromatic N) is 1. The first-order valence-electron chi connectivity index (χ1n) is 7.51. The van der Waals surface area contributed by atoms with Crippen molar-refractivity contribution in [2.75, 3.05) is 19.7 Å². The fourth-order valence-electron chi connectivity index (χ4n) is 2.38. The van der Waals surface area contributed by atoms with Crippen molar-refractivity contribution in [3.8, 4) is 0 Å². The Bertz CT molecular complexity index is 412. The van der Waals surface area contributed by atoms with Crippen LogP contribution in [0.25, 0.3) is 0 Å². The Morgan fingerprint density at radius 1 is 1.45 bits per heavy atom. The Morgan fingerprint density at radius 3 is 2.80 bits per heavy atom. The number of nitrogens with one attached hydrogen (secondary N) is 1. The zero-order valence-corrected chi connectivity index (χ0v) is 14.4. The van der Waals surface area contributed by atoms with Gasteiger partial charge in [-0.05, 0) is 24.2 Å². The highest BCUT2D eigenvalue weighted by Crippen LogP contribution is 2.36. The third kappa shape index (κ3) is 3.16. The standard InChI is InChI=1S/C15H29N3OSi/c1-15(2,3)20(4,5)19-10-9-18-14-8-6-7-13(16)12(14)11-17-18/h6-8,12-13,17H,9-11,16H2,1-5H3. The average molecular weight is 296 g/mol. The Labute approximate surface area is 124 Å². The van der Waals surface area contributed by atoms with Crippen LogP contribution in [-0.4, -0.2) is 39.1 Å². The number of fused-ring (bicyclic) bond motifs is 1. The van der Waals surface area contributed by atoms with E-state index in [0.717, 1.165) is 19.7 Å². The van der Waals surface area contributed by atoms with Crippen LogP contribution in [0.5, 0.6) is 0 Å². The summed E-state index contributed by atoms with van der Waals surface area (Å²) in [6, 6.07) is 0.133. The molecule has 5 heteroatoms. The largest absolute Gasteiger partial charge is 0.415 e. The second-order valence-corrected chi connectivity index (χ2v) is 12.1. The zero-order chi connectivity index (χ0) is 15.0. The van der Waals surface area contributed by atoms with Crippen LogP contribution >= 0.6 is 0 Å². The molecule has 1 aliphatic heterocycles. The number of nitrogens with two attached hydrogens (primary N) is 1. The monoisotopic (exact) mass is 295 g/mol. The van der Waals surface area contributed by atoms with E-state index in [1.165, 1.54) is 5.70 Å². The van der Waals surface area contributed by atoms with Gasteiger partial charge >= 0.3 is 0 Å². The normalized spacial score (nSPS) is 26.7. The molecule has 1 saturated heterocycles. The molecular weight excluding hydrogens is 266 g/mol. The van der Waals surface area contributed by atoms with Crippen LogP contribution in [0.15, 0.2) is 23.9 Å². The third-order valence-corrected chi connectivity index (χ3v) is 9.38. The molecule has 4 nitrogen and oxygen atoms in total. The smallest absolute Gasteiger partial charge is 0.192 e. The summed E-state index contributed by atoms with van der Waals surface area (Å²) in [5.41, 5.74) is 10.9. The van der Waals surface area contributed by atoms with E-state index >= 15 is 0 Å². The summed E-state index contributed by atoms with van der Waals surface area (Å²) in [5, 5.41) is 2.48. The van der Waals surface area contributed by atoms with Crippen LogP contribution in [0, 0.1) is 5.92 Å². The first-order valence-corrected chi connectivity index (χ1v) is 10.4. The minimum atomic E-state index is -1.65. The van der Waals surface area contributed by atoms with Crippen LogP contribution in [0.2, 0.25) is 18.1 Å².